The number of nitrogens with zero attached hydrogens (tertiary/aromatic N) is 2. The second-order valence-electron chi connectivity index (χ2n) is 6.75. The molecule has 1 atom stereocenters. The molecule has 112 valence electrons. The van der Waals surface area contributed by atoms with Crippen LogP contribution < -0.4 is 10.6 Å². The van der Waals surface area contributed by atoms with E-state index in [0.717, 1.165) is 30.3 Å². The molecule has 0 saturated heterocycles. The molecule has 1 heterocycles. The summed E-state index contributed by atoms with van der Waals surface area (Å²) in [6.07, 6.45) is 8.07. The van der Waals surface area contributed by atoms with Crippen LogP contribution in [0.2, 0.25) is 0 Å². The Kier molecular flexibility index (Phi) is 4.84. The molecular weight excluding hydrogens is 248 g/mol. The third-order valence-corrected chi connectivity index (χ3v) is 4.05. The predicted octanol–water partition coefficient (Wildman–Crippen LogP) is 3.99. The predicted molar refractivity (Wildman–Crippen MR) is 85.2 cm³/mol. The molecule has 1 fully saturated rings. The van der Waals surface area contributed by atoms with Crippen LogP contribution in [-0.2, 0) is 0 Å². The number of aryl methyl sites for hydroxylation is 1. The summed E-state index contributed by atoms with van der Waals surface area (Å²) in [5.74, 6) is 1.72. The lowest BCUT2D eigenvalue weighted by atomic mass is 9.75. The van der Waals surface area contributed by atoms with E-state index in [4.69, 9.17) is 0 Å². The highest BCUT2D eigenvalue weighted by atomic mass is 15.1. The lowest BCUT2D eigenvalue weighted by Gasteiger charge is -2.36. The summed E-state index contributed by atoms with van der Waals surface area (Å²) in [7, 11) is 0. The second kappa shape index (κ2) is 6.42. The summed E-state index contributed by atoms with van der Waals surface area (Å²) in [6, 6.07) is 0.534. The van der Waals surface area contributed by atoms with Gasteiger partial charge in [-0.2, -0.15) is 4.98 Å². The van der Waals surface area contributed by atoms with Crippen LogP contribution in [0.1, 0.15) is 58.4 Å². The molecule has 0 bridgehead atoms. The van der Waals surface area contributed by atoms with Gasteiger partial charge in [-0.15, -0.1) is 0 Å². The first-order valence-corrected chi connectivity index (χ1v) is 7.84. The molecule has 1 aliphatic rings. The minimum Gasteiger partial charge on any atom is -0.367 e. The van der Waals surface area contributed by atoms with Gasteiger partial charge in [-0.25, -0.2) is 4.98 Å². The van der Waals surface area contributed by atoms with Gasteiger partial charge in [0.1, 0.15) is 5.82 Å². The van der Waals surface area contributed by atoms with E-state index in [2.05, 4.69) is 48.3 Å². The van der Waals surface area contributed by atoms with Crippen molar-refractivity contribution < 1.29 is 0 Å². The number of nitrogens with one attached hydrogen (secondary N) is 2. The van der Waals surface area contributed by atoms with Gasteiger partial charge in [0.2, 0.25) is 5.95 Å². The zero-order valence-corrected chi connectivity index (χ0v) is 13.3. The first-order valence-electron chi connectivity index (χ1n) is 7.84. The van der Waals surface area contributed by atoms with Crippen LogP contribution in [0.4, 0.5) is 11.8 Å². The lowest BCUT2D eigenvalue weighted by molar-refractivity contribution is 0.229. The van der Waals surface area contributed by atoms with Crippen LogP contribution in [0.15, 0.2) is 6.20 Å². The maximum atomic E-state index is 4.62. The molecule has 1 unspecified atom stereocenters. The number of aromatic nitrogens is 2. The quantitative estimate of drug-likeness (QED) is 0.854. The number of anilines is 2. The summed E-state index contributed by atoms with van der Waals surface area (Å²) < 4.78 is 0. The summed E-state index contributed by atoms with van der Waals surface area (Å²) in [6.45, 7) is 9.85. The Hall–Kier alpha value is -1.32. The molecule has 2 rings (SSSR count). The monoisotopic (exact) mass is 276 g/mol. The lowest BCUT2D eigenvalue weighted by Crippen LogP contribution is -2.32. The molecule has 0 amide bonds. The topological polar surface area (TPSA) is 49.8 Å². The molecule has 0 spiro atoms. The molecule has 1 aromatic rings. The van der Waals surface area contributed by atoms with E-state index >= 15 is 0 Å². The van der Waals surface area contributed by atoms with Gasteiger partial charge in [0.05, 0.1) is 0 Å². The first kappa shape index (κ1) is 15.1. The maximum absolute atomic E-state index is 4.62. The van der Waals surface area contributed by atoms with Crippen molar-refractivity contribution in [2.75, 3.05) is 17.2 Å². The molecule has 0 aromatic carbocycles. The molecule has 2 N–H and O–H groups in total. The van der Waals surface area contributed by atoms with Crippen molar-refractivity contribution in [3.63, 3.8) is 0 Å². The molecule has 0 aliphatic heterocycles. The fraction of sp³-hybridized carbons (Fsp3) is 0.750. The zero-order chi connectivity index (χ0) is 14.6. The van der Waals surface area contributed by atoms with Crippen LogP contribution in [-0.4, -0.2) is 22.6 Å². The Morgan fingerprint density at radius 3 is 2.90 bits per heavy atom. The van der Waals surface area contributed by atoms with Crippen molar-refractivity contribution in [1.82, 2.24) is 9.97 Å². The van der Waals surface area contributed by atoms with E-state index in [0.29, 0.717) is 11.5 Å². The third kappa shape index (κ3) is 4.09. The summed E-state index contributed by atoms with van der Waals surface area (Å²) in [4.78, 5) is 8.95. The second-order valence-corrected chi connectivity index (χ2v) is 6.75. The minimum atomic E-state index is 0.445. The van der Waals surface area contributed by atoms with Crippen LogP contribution in [0.5, 0.6) is 0 Å². The Morgan fingerprint density at radius 1 is 1.40 bits per heavy atom. The van der Waals surface area contributed by atoms with Crippen molar-refractivity contribution in [3.05, 3.63) is 11.8 Å². The molecule has 4 heteroatoms. The fourth-order valence-electron chi connectivity index (χ4n) is 2.92. The Morgan fingerprint density at radius 2 is 2.20 bits per heavy atom. The molecule has 20 heavy (non-hydrogen) atoms. The van der Waals surface area contributed by atoms with Gasteiger partial charge in [0.25, 0.3) is 0 Å². The summed E-state index contributed by atoms with van der Waals surface area (Å²) in [5.41, 5.74) is 1.57. The summed E-state index contributed by atoms with van der Waals surface area (Å²) >= 11 is 0. The standard InChI is InChI=1S/C16H28N4/c1-5-9-17-15-18-11-12(2)14(20-15)19-13-7-6-8-16(3,4)10-13/h11,13H,5-10H2,1-4H3,(H2,17,18,19,20). The number of hydrogen-bond acceptors (Lipinski definition) is 4. The normalized spacial score (nSPS) is 21.5. The van der Waals surface area contributed by atoms with E-state index in [9.17, 15) is 0 Å². The molecule has 0 radical (unpaired) electrons. The van der Waals surface area contributed by atoms with Crippen molar-refractivity contribution in [3.8, 4) is 0 Å². The molecule has 1 saturated carbocycles. The summed E-state index contributed by atoms with van der Waals surface area (Å²) in [5, 5.41) is 6.88. The van der Waals surface area contributed by atoms with E-state index < -0.39 is 0 Å². The average Bonchev–Trinajstić information content (AvgIpc) is 2.38. The smallest absolute Gasteiger partial charge is 0.224 e. The first-order chi connectivity index (χ1) is 9.50. The van der Waals surface area contributed by atoms with Gasteiger partial charge in [-0.1, -0.05) is 27.2 Å². The molecule has 1 aliphatic carbocycles. The Balaban J connectivity index is 2.04. The van der Waals surface area contributed by atoms with Gasteiger partial charge in [-0.3, -0.25) is 0 Å². The van der Waals surface area contributed by atoms with Crippen molar-refractivity contribution >= 4 is 11.8 Å². The van der Waals surface area contributed by atoms with E-state index in [1.54, 1.807) is 0 Å². The van der Waals surface area contributed by atoms with Crippen molar-refractivity contribution in [2.24, 2.45) is 5.41 Å². The van der Waals surface area contributed by atoms with E-state index in [-0.39, 0.29) is 0 Å². The van der Waals surface area contributed by atoms with Gasteiger partial charge >= 0.3 is 0 Å². The maximum Gasteiger partial charge on any atom is 0.224 e. The molecule has 1 aromatic heterocycles. The van der Waals surface area contributed by atoms with Crippen LogP contribution in [0.25, 0.3) is 0 Å². The van der Waals surface area contributed by atoms with E-state index in [1.165, 1.54) is 25.7 Å². The molecular formula is C16H28N4. The average molecular weight is 276 g/mol. The third-order valence-electron chi connectivity index (χ3n) is 4.05. The van der Waals surface area contributed by atoms with Gasteiger partial charge in [0.15, 0.2) is 0 Å². The highest BCUT2D eigenvalue weighted by Gasteiger charge is 2.28. The van der Waals surface area contributed by atoms with Crippen molar-refractivity contribution in [2.45, 2.75) is 65.8 Å². The van der Waals surface area contributed by atoms with Crippen LogP contribution in [0, 0.1) is 12.3 Å². The van der Waals surface area contributed by atoms with Gasteiger partial charge in [0, 0.05) is 24.3 Å². The SMILES string of the molecule is CCCNc1ncc(C)c(NC2CCCC(C)(C)C2)n1. The largest absolute Gasteiger partial charge is 0.367 e. The van der Waals surface area contributed by atoms with Gasteiger partial charge < -0.3 is 10.6 Å². The highest BCUT2D eigenvalue weighted by molar-refractivity contribution is 5.47. The molecule has 4 nitrogen and oxygen atoms in total. The van der Waals surface area contributed by atoms with Gasteiger partial charge in [-0.05, 0) is 38.0 Å². The van der Waals surface area contributed by atoms with Crippen molar-refractivity contribution in [1.29, 1.82) is 0 Å². The van der Waals surface area contributed by atoms with Crippen LogP contribution >= 0.6 is 0 Å². The Labute approximate surface area is 122 Å². The fourth-order valence-corrected chi connectivity index (χ4v) is 2.92. The number of hydrogen-bond donors (Lipinski definition) is 2. The Bertz CT molecular complexity index is 442. The highest BCUT2D eigenvalue weighted by Crippen LogP contribution is 2.36. The number of rotatable bonds is 5. The zero-order valence-electron chi connectivity index (χ0n) is 13.3. The van der Waals surface area contributed by atoms with Crippen LogP contribution in [0.3, 0.4) is 0 Å². The van der Waals surface area contributed by atoms with E-state index in [1.807, 2.05) is 6.20 Å². The minimum absolute atomic E-state index is 0.445.